The van der Waals surface area contributed by atoms with E-state index in [9.17, 15) is 0 Å². The number of aromatic nitrogens is 3. The van der Waals surface area contributed by atoms with Crippen molar-refractivity contribution in [3.05, 3.63) is 41.5 Å². The zero-order valence-corrected chi connectivity index (χ0v) is 14.1. The molecule has 124 valence electrons. The highest BCUT2D eigenvalue weighted by Crippen LogP contribution is 2.23. The predicted octanol–water partition coefficient (Wildman–Crippen LogP) is 2.66. The van der Waals surface area contributed by atoms with Crippen LogP contribution in [0.4, 0.5) is 5.82 Å². The second-order valence-corrected chi connectivity index (χ2v) is 6.12. The van der Waals surface area contributed by atoms with Crippen LogP contribution >= 0.6 is 0 Å². The first-order valence-corrected chi connectivity index (χ1v) is 8.20. The SMILES string of the molecule is Cc1ncnc(OCC2CCN(c3cccc(C#N)n3)CC2)c1C. The third-order valence-corrected chi connectivity index (χ3v) is 4.53. The van der Waals surface area contributed by atoms with Crippen LogP contribution in [-0.2, 0) is 0 Å². The van der Waals surface area contributed by atoms with Crippen LogP contribution in [0.1, 0.15) is 29.8 Å². The fourth-order valence-corrected chi connectivity index (χ4v) is 2.85. The Labute approximate surface area is 142 Å². The molecule has 0 amide bonds. The van der Waals surface area contributed by atoms with Gasteiger partial charge in [0.25, 0.3) is 0 Å². The van der Waals surface area contributed by atoms with Crippen LogP contribution in [0, 0.1) is 31.1 Å². The molecule has 0 atom stereocenters. The normalized spacial score (nSPS) is 15.1. The van der Waals surface area contributed by atoms with E-state index in [1.165, 1.54) is 0 Å². The molecule has 0 saturated carbocycles. The Balaban J connectivity index is 1.54. The van der Waals surface area contributed by atoms with E-state index < -0.39 is 0 Å². The maximum Gasteiger partial charge on any atom is 0.219 e. The highest BCUT2D eigenvalue weighted by Gasteiger charge is 2.21. The molecule has 0 aliphatic carbocycles. The van der Waals surface area contributed by atoms with Crippen molar-refractivity contribution in [2.24, 2.45) is 5.92 Å². The average molecular weight is 323 g/mol. The first-order chi connectivity index (χ1) is 11.7. The van der Waals surface area contributed by atoms with Crippen LogP contribution < -0.4 is 9.64 Å². The van der Waals surface area contributed by atoms with Gasteiger partial charge in [-0.2, -0.15) is 5.26 Å². The smallest absolute Gasteiger partial charge is 0.219 e. The highest BCUT2D eigenvalue weighted by molar-refractivity contribution is 5.41. The quantitative estimate of drug-likeness (QED) is 0.861. The molecule has 0 unspecified atom stereocenters. The highest BCUT2D eigenvalue weighted by atomic mass is 16.5. The molecule has 3 heterocycles. The van der Waals surface area contributed by atoms with Crippen LogP contribution in [0.25, 0.3) is 0 Å². The molecule has 0 radical (unpaired) electrons. The number of nitrogens with zero attached hydrogens (tertiary/aromatic N) is 5. The fourth-order valence-electron chi connectivity index (χ4n) is 2.85. The van der Waals surface area contributed by atoms with Crippen molar-refractivity contribution in [1.29, 1.82) is 5.26 Å². The number of hydrogen-bond acceptors (Lipinski definition) is 6. The molecule has 1 saturated heterocycles. The van der Waals surface area contributed by atoms with E-state index in [2.05, 4.69) is 25.9 Å². The topological polar surface area (TPSA) is 74.9 Å². The lowest BCUT2D eigenvalue weighted by molar-refractivity contribution is 0.214. The van der Waals surface area contributed by atoms with Gasteiger partial charge in [-0.15, -0.1) is 0 Å². The van der Waals surface area contributed by atoms with Gasteiger partial charge in [-0.3, -0.25) is 0 Å². The fraction of sp³-hybridized carbons (Fsp3) is 0.444. The molecule has 0 spiro atoms. The molecular formula is C18H21N5O. The molecule has 1 aliphatic rings. The lowest BCUT2D eigenvalue weighted by atomic mass is 9.98. The van der Waals surface area contributed by atoms with Crippen molar-refractivity contribution in [2.45, 2.75) is 26.7 Å². The van der Waals surface area contributed by atoms with Gasteiger partial charge in [0.2, 0.25) is 5.88 Å². The van der Waals surface area contributed by atoms with Crippen molar-refractivity contribution in [2.75, 3.05) is 24.6 Å². The van der Waals surface area contributed by atoms with E-state index in [0.717, 1.165) is 43.0 Å². The van der Waals surface area contributed by atoms with Gasteiger partial charge in [-0.1, -0.05) is 6.07 Å². The van der Waals surface area contributed by atoms with Gasteiger partial charge in [0.15, 0.2) is 0 Å². The molecule has 1 aliphatic heterocycles. The van der Waals surface area contributed by atoms with E-state index in [0.29, 0.717) is 24.1 Å². The van der Waals surface area contributed by atoms with Gasteiger partial charge in [0.05, 0.1) is 6.61 Å². The van der Waals surface area contributed by atoms with Crippen molar-refractivity contribution < 1.29 is 4.74 Å². The number of ether oxygens (including phenoxy) is 1. The summed E-state index contributed by atoms with van der Waals surface area (Å²) in [6.45, 7) is 6.48. The van der Waals surface area contributed by atoms with E-state index in [1.807, 2.05) is 26.0 Å². The van der Waals surface area contributed by atoms with Gasteiger partial charge >= 0.3 is 0 Å². The number of pyridine rings is 1. The van der Waals surface area contributed by atoms with Gasteiger partial charge < -0.3 is 9.64 Å². The Morgan fingerprint density at radius 2 is 2.04 bits per heavy atom. The molecule has 1 fully saturated rings. The van der Waals surface area contributed by atoms with Crippen LogP contribution in [-0.4, -0.2) is 34.6 Å². The van der Waals surface area contributed by atoms with Gasteiger partial charge in [-0.25, -0.2) is 15.0 Å². The molecule has 2 aromatic heterocycles. The minimum Gasteiger partial charge on any atom is -0.477 e. The number of nitriles is 1. The maximum atomic E-state index is 8.96. The van der Waals surface area contributed by atoms with E-state index in [1.54, 1.807) is 12.4 Å². The predicted molar refractivity (Wildman–Crippen MR) is 90.9 cm³/mol. The molecule has 6 heteroatoms. The Morgan fingerprint density at radius 3 is 2.79 bits per heavy atom. The number of anilines is 1. The molecule has 0 N–H and O–H groups in total. The Kier molecular flexibility index (Phi) is 4.90. The summed E-state index contributed by atoms with van der Waals surface area (Å²) in [7, 11) is 0. The molecule has 24 heavy (non-hydrogen) atoms. The third-order valence-electron chi connectivity index (χ3n) is 4.53. The van der Waals surface area contributed by atoms with Crippen LogP contribution in [0.5, 0.6) is 5.88 Å². The molecule has 3 rings (SSSR count). The maximum absolute atomic E-state index is 8.96. The number of piperidine rings is 1. The summed E-state index contributed by atoms with van der Waals surface area (Å²) in [5.41, 5.74) is 2.43. The van der Waals surface area contributed by atoms with E-state index in [4.69, 9.17) is 10.00 Å². The van der Waals surface area contributed by atoms with Crippen molar-refractivity contribution in [3.63, 3.8) is 0 Å². The number of aryl methyl sites for hydroxylation is 1. The zero-order valence-electron chi connectivity index (χ0n) is 14.1. The molecule has 0 bridgehead atoms. The summed E-state index contributed by atoms with van der Waals surface area (Å²) in [6, 6.07) is 7.67. The Bertz CT molecular complexity index is 747. The summed E-state index contributed by atoms with van der Waals surface area (Å²) in [4.78, 5) is 15.0. The van der Waals surface area contributed by atoms with Crippen molar-refractivity contribution in [3.8, 4) is 11.9 Å². The summed E-state index contributed by atoms with van der Waals surface area (Å²) in [5, 5.41) is 8.96. The van der Waals surface area contributed by atoms with Gasteiger partial charge in [0, 0.05) is 24.3 Å². The summed E-state index contributed by atoms with van der Waals surface area (Å²) >= 11 is 0. The number of rotatable bonds is 4. The lowest BCUT2D eigenvalue weighted by Gasteiger charge is -2.32. The zero-order chi connectivity index (χ0) is 16.9. The second-order valence-electron chi connectivity index (χ2n) is 6.12. The minimum absolute atomic E-state index is 0.465. The Hall–Kier alpha value is -2.68. The number of hydrogen-bond donors (Lipinski definition) is 0. The van der Waals surface area contributed by atoms with Crippen LogP contribution in [0.3, 0.4) is 0 Å². The standard InChI is InChI=1S/C18H21N5O/c1-13-14(2)20-12-21-18(13)24-11-15-6-8-23(9-7-15)17-5-3-4-16(10-19)22-17/h3-5,12,15H,6-9,11H2,1-2H3. The summed E-state index contributed by atoms with van der Waals surface area (Å²) in [5.74, 6) is 2.08. The summed E-state index contributed by atoms with van der Waals surface area (Å²) < 4.78 is 5.91. The van der Waals surface area contributed by atoms with Crippen LogP contribution in [0.15, 0.2) is 24.5 Å². The molecule has 6 nitrogen and oxygen atoms in total. The van der Waals surface area contributed by atoms with E-state index in [-0.39, 0.29) is 0 Å². The Morgan fingerprint density at radius 1 is 1.25 bits per heavy atom. The van der Waals surface area contributed by atoms with E-state index >= 15 is 0 Å². The van der Waals surface area contributed by atoms with Gasteiger partial charge in [-0.05, 0) is 44.7 Å². The molecule has 2 aromatic rings. The van der Waals surface area contributed by atoms with Crippen LogP contribution in [0.2, 0.25) is 0 Å². The third kappa shape index (κ3) is 3.62. The monoisotopic (exact) mass is 323 g/mol. The van der Waals surface area contributed by atoms with Gasteiger partial charge in [0.1, 0.15) is 23.9 Å². The second kappa shape index (κ2) is 7.26. The minimum atomic E-state index is 0.465. The summed E-state index contributed by atoms with van der Waals surface area (Å²) in [6.07, 6.45) is 3.64. The first kappa shape index (κ1) is 16.2. The molecule has 0 aromatic carbocycles. The van der Waals surface area contributed by atoms with Crippen molar-refractivity contribution >= 4 is 5.82 Å². The average Bonchev–Trinajstić information content (AvgIpc) is 2.63. The lowest BCUT2D eigenvalue weighted by Crippen LogP contribution is -2.36. The van der Waals surface area contributed by atoms with Crippen molar-refractivity contribution in [1.82, 2.24) is 15.0 Å². The first-order valence-electron chi connectivity index (χ1n) is 8.20. The molecular weight excluding hydrogens is 302 g/mol. The largest absolute Gasteiger partial charge is 0.477 e.